The van der Waals surface area contributed by atoms with Gasteiger partial charge in [-0.3, -0.25) is 9.69 Å². The average molecular weight is 378 g/mol. The van der Waals surface area contributed by atoms with E-state index in [4.69, 9.17) is 5.11 Å². The highest BCUT2D eigenvalue weighted by molar-refractivity contribution is 5.93. The maximum atomic E-state index is 13.8. The Morgan fingerprint density at radius 2 is 1.89 bits per heavy atom. The van der Waals surface area contributed by atoms with Crippen molar-refractivity contribution in [2.75, 3.05) is 26.2 Å². The second-order valence-corrected chi connectivity index (χ2v) is 6.46. The molecule has 1 atom stereocenters. The number of hydrogen-bond donors (Lipinski definition) is 1. The fourth-order valence-corrected chi connectivity index (χ4v) is 3.08. The van der Waals surface area contributed by atoms with Gasteiger partial charge in [-0.2, -0.15) is 5.10 Å². The van der Waals surface area contributed by atoms with E-state index in [0.717, 1.165) is 6.07 Å². The zero-order chi connectivity index (χ0) is 19.6. The van der Waals surface area contributed by atoms with Crippen LogP contribution in [0.4, 0.5) is 8.78 Å². The van der Waals surface area contributed by atoms with Crippen LogP contribution in [-0.4, -0.2) is 62.7 Å². The van der Waals surface area contributed by atoms with Gasteiger partial charge < -0.3 is 10.0 Å². The third-order valence-electron chi connectivity index (χ3n) is 4.70. The molecule has 1 fully saturated rings. The lowest BCUT2D eigenvalue weighted by Gasteiger charge is -2.34. The Morgan fingerprint density at radius 3 is 2.56 bits per heavy atom. The third-order valence-corrected chi connectivity index (χ3v) is 4.70. The number of aliphatic carboxylic acids is 1. The van der Waals surface area contributed by atoms with Gasteiger partial charge in [0.25, 0.3) is 5.91 Å². The van der Waals surface area contributed by atoms with E-state index >= 15 is 0 Å². The second-order valence-electron chi connectivity index (χ2n) is 6.46. The number of benzene rings is 1. The molecular formula is C18H20F2N4O3. The van der Waals surface area contributed by atoms with E-state index in [1.54, 1.807) is 11.0 Å². The topological polar surface area (TPSA) is 78.7 Å². The van der Waals surface area contributed by atoms with Crippen molar-refractivity contribution in [1.82, 2.24) is 19.6 Å². The zero-order valence-corrected chi connectivity index (χ0v) is 14.8. The molecule has 1 aliphatic heterocycles. The smallest absolute Gasteiger partial charge is 0.328 e. The molecule has 7 nitrogen and oxygen atoms in total. The largest absolute Gasteiger partial charge is 0.480 e. The van der Waals surface area contributed by atoms with Gasteiger partial charge in [-0.1, -0.05) is 12.1 Å². The maximum absolute atomic E-state index is 13.8. The van der Waals surface area contributed by atoms with Crippen molar-refractivity contribution in [2.45, 2.75) is 19.5 Å². The van der Waals surface area contributed by atoms with Crippen LogP contribution in [-0.2, 0) is 11.3 Å². The number of aromatic nitrogens is 2. The number of carbonyl (C=O) groups is 2. The number of nitrogens with zero attached hydrogens (tertiary/aromatic N) is 4. The molecule has 0 saturated carbocycles. The molecule has 9 heteroatoms. The Balaban J connectivity index is 1.63. The van der Waals surface area contributed by atoms with Gasteiger partial charge in [0.1, 0.15) is 11.7 Å². The molecule has 0 aliphatic carbocycles. The summed E-state index contributed by atoms with van der Waals surface area (Å²) in [5.41, 5.74) is 0.498. The molecule has 1 amide bonds. The zero-order valence-electron chi connectivity index (χ0n) is 14.8. The SMILES string of the molecule is CC(C(=O)O)n1nccc1C(=O)N1CCN(Cc2cccc(F)c2F)CC1. The molecule has 1 saturated heterocycles. The molecule has 0 radical (unpaired) electrons. The Kier molecular flexibility index (Phi) is 5.50. The summed E-state index contributed by atoms with van der Waals surface area (Å²) < 4.78 is 28.3. The Hall–Kier alpha value is -2.81. The monoisotopic (exact) mass is 378 g/mol. The third kappa shape index (κ3) is 3.97. The van der Waals surface area contributed by atoms with Crippen LogP contribution in [0.15, 0.2) is 30.5 Å². The molecular weight excluding hydrogens is 358 g/mol. The number of hydrogen-bond acceptors (Lipinski definition) is 4. The first-order chi connectivity index (χ1) is 12.9. The Morgan fingerprint density at radius 1 is 1.19 bits per heavy atom. The van der Waals surface area contributed by atoms with Gasteiger partial charge in [0.2, 0.25) is 0 Å². The fraction of sp³-hybridized carbons (Fsp3) is 0.389. The normalized spacial score (nSPS) is 16.3. The van der Waals surface area contributed by atoms with Crippen molar-refractivity contribution < 1.29 is 23.5 Å². The first-order valence-electron chi connectivity index (χ1n) is 8.59. The minimum atomic E-state index is -1.07. The highest BCUT2D eigenvalue weighted by atomic mass is 19.2. The van der Waals surface area contributed by atoms with E-state index in [2.05, 4.69) is 5.10 Å². The quantitative estimate of drug-likeness (QED) is 0.858. The van der Waals surface area contributed by atoms with Gasteiger partial charge in [0.15, 0.2) is 11.6 Å². The van der Waals surface area contributed by atoms with Crippen molar-refractivity contribution in [3.63, 3.8) is 0 Å². The van der Waals surface area contributed by atoms with Gasteiger partial charge in [-0.15, -0.1) is 0 Å². The summed E-state index contributed by atoms with van der Waals surface area (Å²) in [7, 11) is 0. The molecule has 1 aliphatic rings. The van der Waals surface area contributed by atoms with Crippen LogP contribution in [0.1, 0.15) is 29.0 Å². The van der Waals surface area contributed by atoms with Crippen molar-refractivity contribution in [3.8, 4) is 0 Å². The number of rotatable bonds is 5. The highest BCUT2D eigenvalue weighted by Gasteiger charge is 2.27. The van der Waals surface area contributed by atoms with E-state index in [9.17, 15) is 18.4 Å². The van der Waals surface area contributed by atoms with Gasteiger partial charge in [-0.25, -0.2) is 18.3 Å². The molecule has 3 rings (SSSR count). The number of carboxylic acid groups (broad SMARTS) is 1. The summed E-state index contributed by atoms with van der Waals surface area (Å²) >= 11 is 0. The summed E-state index contributed by atoms with van der Waals surface area (Å²) in [6, 6.07) is 4.64. The fourth-order valence-electron chi connectivity index (χ4n) is 3.08. The Labute approximate surface area is 154 Å². The molecule has 2 heterocycles. The molecule has 2 aromatic rings. The minimum Gasteiger partial charge on any atom is -0.480 e. The predicted molar refractivity (Wildman–Crippen MR) is 92.1 cm³/mol. The molecule has 0 bridgehead atoms. The summed E-state index contributed by atoms with van der Waals surface area (Å²) in [6.45, 7) is 3.54. The average Bonchev–Trinajstić information content (AvgIpc) is 3.14. The van der Waals surface area contributed by atoms with E-state index in [0.29, 0.717) is 26.2 Å². The Bertz CT molecular complexity index is 847. The molecule has 1 unspecified atom stereocenters. The second kappa shape index (κ2) is 7.83. The molecule has 1 N–H and O–H groups in total. The lowest BCUT2D eigenvalue weighted by molar-refractivity contribution is -0.140. The van der Waals surface area contributed by atoms with Gasteiger partial charge in [-0.05, 0) is 19.1 Å². The number of halogens is 2. The van der Waals surface area contributed by atoms with Gasteiger partial charge in [0, 0.05) is 44.5 Å². The van der Waals surface area contributed by atoms with Crippen LogP contribution in [0, 0.1) is 11.6 Å². The number of carboxylic acids is 1. The predicted octanol–water partition coefficient (Wildman–Crippen LogP) is 1.76. The first-order valence-corrected chi connectivity index (χ1v) is 8.59. The summed E-state index contributed by atoms with van der Waals surface area (Å²) in [4.78, 5) is 27.4. The lowest BCUT2D eigenvalue weighted by Crippen LogP contribution is -2.48. The van der Waals surface area contributed by atoms with Crippen LogP contribution >= 0.6 is 0 Å². The summed E-state index contributed by atoms with van der Waals surface area (Å²) in [6.07, 6.45) is 1.40. The van der Waals surface area contributed by atoms with E-state index in [1.165, 1.54) is 29.9 Å². The van der Waals surface area contributed by atoms with Crippen LogP contribution in [0.25, 0.3) is 0 Å². The van der Waals surface area contributed by atoms with Crippen LogP contribution in [0.3, 0.4) is 0 Å². The van der Waals surface area contributed by atoms with Crippen LogP contribution in [0.5, 0.6) is 0 Å². The molecule has 0 spiro atoms. The first kappa shape index (κ1) is 19.0. The standard InChI is InChI=1S/C18H20F2N4O3/c1-12(18(26)27)24-15(5-6-21-24)17(25)23-9-7-22(8-10-23)11-13-3-2-4-14(19)16(13)20/h2-6,12H,7-11H2,1H3,(H,26,27). The van der Waals surface area contributed by atoms with Crippen molar-refractivity contribution in [3.05, 3.63) is 53.4 Å². The van der Waals surface area contributed by atoms with E-state index in [-0.39, 0.29) is 23.7 Å². The van der Waals surface area contributed by atoms with E-state index in [1.807, 2.05) is 4.90 Å². The van der Waals surface area contributed by atoms with Crippen molar-refractivity contribution in [1.29, 1.82) is 0 Å². The summed E-state index contributed by atoms with van der Waals surface area (Å²) in [5.74, 6) is -3.09. The number of piperazine rings is 1. The minimum absolute atomic E-state index is 0.217. The van der Waals surface area contributed by atoms with Crippen molar-refractivity contribution >= 4 is 11.9 Å². The van der Waals surface area contributed by atoms with Crippen molar-refractivity contribution in [2.24, 2.45) is 0 Å². The van der Waals surface area contributed by atoms with Crippen LogP contribution < -0.4 is 0 Å². The van der Waals surface area contributed by atoms with Crippen LogP contribution in [0.2, 0.25) is 0 Å². The summed E-state index contributed by atoms with van der Waals surface area (Å²) in [5, 5.41) is 13.1. The number of carbonyl (C=O) groups excluding carboxylic acids is 1. The molecule has 1 aromatic carbocycles. The highest BCUT2D eigenvalue weighted by Crippen LogP contribution is 2.17. The van der Waals surface area contributed by atoms with Gasteiger partial charge >= 0.3 is 5.97 Å². The van der Waals surface area contributed by atoms with Gasteiger partial charge in [0.05, 0.1) is 0 Å². The molecule has 1 aromatic heterocycles. The molecule has 144 valence electrons. The number of amides is 1. The lowest BCUT2D eigenvalue weighted by atomic mass is 10.1. The molecule has 27 heavy (non-hydrogen) atoms. The maximum Gasteiger partial charge on any atom is 0.328 e. The van der Waals surface area contributed by atoms with E-state index < -0.39 is 23.6 Å².